The van der Waals surface area contributed by atoms with Crippen molar-refractivity contribution < 1.29 is 18.0 Å². The van der Waals surface area contributed by atoms with Gasteiger partial charge in [-0.2, -0.15) is 4.31 Å². The molecule has 0 radical (unpaired) electrons. The van der Waals surface area contributed by atoms with Gasteiger partial charge in [0.05, 0.1) is 5.92 Å². The molecule has 0 aromatic heterocycles. The summed E-state index contributed by atoms with van der Waals surface area (Å²) in [6, 6.07) is 16.4. The Kier molecular flexibility index (Phi) is 8.59. The Hall–Kier alpha value is -2.97. The third-order valence-electron chi connectivity index (χ3n) is 7.15. The predicted octanol–water partition coefficient (Wildman–Crippen LogP) is 3.86. The molecule has 2 fully saturated rings. The number of nitrogens with one attached hydrogen (secondary N) is 2. The molecule has 8 heteroatoms. The molecule has 4 rings (SSSR count). The normalized spacial score (nSPS) is 23.3. The maximum Gasteiger partial charge on any atom is 0.251 e. The second kappa shape index (κ2) is 11.8. The minimum absolute atomic E-state index is 0.126. The number of hydrogen-bond acceptors (Lipinski definition) is 4. The first-order chi connectivity index (χ1) is 17.3. The summed E-state index contributed by atoms with van der Waals surface area (Å²) in [7, 11) is -3.63. The molecule has 1 heterocycles. The highest BCUT2D eigenvalue weighted by atomic mass is 32.2. The van der Waals surface area contributed by atoms with Crippen LogP contribution >= 0.6 is 0 Å². The second-order valence-corrected chi connectivity index (χ2v) is 11.6. The van der Waals surface area contributed by atoms with Gasteiger partial charge in [0.2, 0.25) is 15.9 Å². The van der Waals surface area contributed by atoms with Gasteiger partial charge in [-0.25, -0.2) is 8.42 Å². The lowest BCUT2D eigenvalue weighted by Gasteiger charge is -2.35. The highest BCUT2D eigenvalue weighted by molar-refractivity contribution is 7.92. The molecule has 1 aliphatic heterocycles. The van der Waals surface area contributed by atoms with Gasteiger partial charge in [-0.15, -0.1) is 0 Å². The molecule has 2 unspecified atom stereocenters. The van der Waals surface area contributed by atoms with Crippen LogP contribution in [0.5, 0.6) is 0 Å². The van der Waals surface area contributed by atoms with Crippen molar-refractivity contribution in [3.05, 3.63) is 76.7 Å². The van der Waals surface area contributed by atoms with Crippen LogP contribution in [0.2, 0.25) is 0 Å². The number of benzene rings is 2. The molecule has 2 amide bonds. The Labute approximate surface area is 214 Å². The maximum absolute atomic E-state index is 13.2. The summed E-state index contributed by atoms with van der Waals surface area (Å²) in [6.45, 7) is 2.48. The molecule has 2 aromatic rings. The summed E-state index contributed by atoms with van der Waals surface area (Å²) >= 11 is 0. The van der Waals surface area contributed by atoms with E-state index in [-0.39, 0.29) is 30.4 Å². The molecule has 1 saturated carbocycles. The van der Waals surface area contributed by atoms with Crippen molar-refractivity contribution in [2.45, 2.75) is 57.5 Å². The number of nitrogens with zero attached hydrogens (tertiary/aromatic N) is 1. The zero-order valence-corrected chi connectivity index (χ0v) is 21.5. The molecule has 7 nitrogen and oxygen atoms in total. The molecule has 0 spiro atoms. The Morgan fingerprint density at radius 1 is 0.889 bits per heavy atom. The summed E-state index contributed by atoms with van der Waals surface area (Å²) < 4.78 is 27.2. The van der Waals surface area contributed by atoms with E-state index in [1.54, 1.807) is 6.08 Å². The van der Waals surface area contributed by atoms with E-state index in [0.29, 0.717) is 24.9 Å². The van der Waals surface area contributed by atoms with Crippen LogP contribution in [-0.4, -0.2) is 49.7 Å². The third-order valence-corrected chi connectivity index (χ3v) is 8.68. The van der Waals surface area contributed by atoms with E-state index in [1.165, 1.54) is 9.71 Å². The van der Waals surface area contributed by atoms with Crippen LogP contribution < -0.4 is 10.6 Å². The molecular formula is C28H35N3O4S. The quantitative estimate of drug-likeness (QED) is 0.592. The van der Waals surface area contributed by atoms with Crippen LogP contribution in [0.4, 0.5) is 0 Å². The summed E-state index contributed by atoms with van der Waals surface area (Å²) in [5.74, 6) is -0.670. The molecule has 192 valence electrons. The van der Waals surface area contributed by atoms with Crippen LogP contribution in [-0.2, 0) is 14.8 Å². The molecular weight excluding hydrogens is 474 g/mol. The molecule has 2 aromatic carbocycles. The van der Waals surface area contributed by atoms with Crippen LogP contribution in [0.25, 0.3) is 6.08 Å². The molecule has 0 bridgehead atoms. The zero-order valence-electron chi connectivity index (χ0n) is 20.7. The number of carbonyl (C=O) groups excluding carboxylic acids is 2. The van der Waals surface area contributed by atoms with E-state index in [9.17, 15) is 18.0 Å². The van der Waals surface area contributed by atoms with Gasteiger partial charge in [0, 0.05) is 36.1 Å². The van der Waals surface area contributed by atoms with Crippen LogP contribution in [0.3, 0.4) is 0 Å². The van der Waals surface area contributed by atoms with E-state index < -0.39 is 15.9 Å². The van der Waals surface area contributed by atoms with Crippen molar-refractivity contribution in [3.8, 4) is 0 Å². The molecule has 2 aliphatic rings. The van der Waals surface area contributed by atoms with Gasteiger partial charge in [0.1, 0.15) is 0 Å². The summed E-state index contributed by atoms with van der Waals surface area (Å²) in [4.78, 5) is 26.1. The van der Waals surface area contributed by atoms with E-state index in [4.69, 9.17) is 0 Å². The lowest BCUT2D eigenvalue weighted by Crippen LogP contribution is -2.55. The fourth-order valence-corrected chi connectivity index (χ4v) is 6.33. The first kappa shape index (κ1) is 26.1. The lowest BCUT2D eigenvalue weighted by molar-refractivity contribution is -0.127. The molecule has 3 atom stereocenters. The Bertz CT molecular complexity index is 1200. The first-order valence-electron chi connectivity index (χ1n) is 12.7. The van der Waals surface area contributed by atoms with Crippen LogP contribution in [0.15, 0.2) is 60.0 Å². The number of aryl methyl sites for hydroxylation is 1. The minimum atomic E-state index is -3.63. The van der Waals surface area contributed by atoms with Gasteiger partial charge in [0.25, 0.3) is 5.91 Å². The zero-order chi connectivity index (χ0) is 25.5. The van der Waals surface area contributed by atoms with Crippen molar-refractivity contribution in [2.24, 2.45) is 5.92 Å². The van der Waals surface area contributed by atoms with Gasteiger partial charge >= 0.3 is 0 Å². The maximum atomic E-state index is 13.2. The number of sulfonamides is 1. The Morgan fingerprint density at radius 3 is 2.28 bits per heavy atom. The van der Waals surface area contributed by atoms with Crippen molar-refractivity contribution in [2.75, 3.05) is 13.1 Å². The topological polar surface area (TPSA) is 95.6 Å². The van der Waals surface area contributed by atoms with E-state index >= 15 is 0 Å². The fourth-order valence-electron chi connectivity index (χ4n) is 5.05. The number of carbonyl (C=O) groups is 2. The van der Waals surface area contributed by atoms with Gasteiger partial charge in [-0.3, -0.25) is 9.59 Å². The number of piperidine rings is 1. The highest BCUT2D eigenvalue weighted by Crippen LogP contribution is 2.24. The standard InChI is InChI=1S/C28H35N3O4S/c1-21-10-5-6-14-24(21)28(33)30-26-16-8-7-15-25(26)29-27(32)23-13-9-18-31(20-23)36(34,35)19-17-22-11-3-2-4-12-22/h2-6,10-12,14,17,19,23,25-26H,7-9,13,15-16,18,20H2,1H3,(H,29,32)(H,30,33)/b19-17+/t23?,25?,26-/m1/s1. The number of hydrogen-bond donors (Lipinski definition) is 2. The Balaban J connectivity index is 1.37. The van der Waals surface area contributed by atoms with E-state index in [1.807, 2.05) is 61.5 Å². The van der Waals surface area contributed by atoms with E-state index in [0.717, 1.165) is 36.8 Å². The largest absolute Gasteiger partial charge is 0.351 e. The summed E-state index contributed by atoms with van der Waals surface area (Å²) in [6.07, 6.45) is 6.44. The smallest absolute Gasteiger partial charge is 0.251 e. The molecule has 1 saturated heterocycles. The summed E-state index contributed by atoms with van der Waals surface area (Å²) in [5, 5.41) is 7.50. The average molecular weight is 510 g/mol. The van der Waals surface area contributed by atoms with Gasteiger partial charge < -0.3 is 10.6 Å². The predicted molar refractivity (Wildman–Crippen MR) is 142 cm³/mol. The van der Waals surface area contributed by atoms with Crippen LogP contribution in [0, 0.1) is 12.8 Å². The Morgan fingerprint density at radius 2 is 1.56 bits per heavy atom. The minimum Gasteiger partial charge on any atom is -0.351 e. The van der Waals surface area contributed by atoms with E-state index in [2.05, 4.69) is 10.6 Å². The third kappa shape index (κ3) is 6.62. The fraction of sp³-hybridized carbons (Fsp3) is 0.429. The van der Waals surface area contributed by atoms with Crippen LogP contribution in [0.1, 0.15) is 60.0 Å². The van der Waals surface area contributed by atoms with Gasteiger partial charge in [0.15, 0.2) is 0 Å². The summed E-state index contributed by atoms with van der Waals surface area (Å²) in [5.41, 5.74) is 2.37. The van der Waals surface area contributed by atoms with Gasteiger partial charge in [-0.1, -0.05) is 61.4 Å². The van der Waals surface area contributed by atoms with Crippen molar-refractivity contribution >= 4 is 27.9 Å². The highest BCUT2D eigenvalue weighted by Gasteiger charge is 2.34. The number of rotatable bonds is 7. The lowest BCUT2D eigenvalue weighted by atomic mass is 9.89. The van der Waals surface area contributed by atoms with Crippen molar-refractivity contribution in [1.29, 1.82) is 0 Å². The molecule has 1 aliphatic carbocycles. The first-order valence-corrected chi connectivity index (χ1v) is 14.2. The van der Waals surface area contributed by atoms with Crippen molar-refractivity contribution in [3.63, 3.8) is 0 Å². The molecule has 36 heavy (non-hydrogen) atoms. The number of amides is 2. The SMILES string of the molecule is Cc1ccccc1C(=O)N[C@@H]1CCCCC1NC(=O)C1CCCN(S(=O)(=O)/C=C/c2ccccc2)C1. The second-order valence-electron chi connectivity index (χ2n) is 9.75. The van der Waals surface area contributed by atoms with Crippen molar-refractivity contribution in [1.82, 2.24) is 14.9 Å². The van der Waals surface area contributed by atoms with Gasteiger partial charge in [-0.05, 0) is 55.9 Å². The monoisotopic (exact) mass is 509 g/mol. The molecule has 2 N–H and O–H groups in total. The average Bonchev–Trinajstić information content (AvgIpc) is 2.89.